The summed E-state index contributed by atoms with van der Waals surface area (Å²) in [5, 5.41) is 2.35. The second-order valence-electron chi connectivity index (χ2n) is 8.84. The summed E-state index contributed by atoms with van der Waals surface area (Å²) >= 11 is 0. The van der Waals surface area contributed by atoms with E-state index in [1.54, 1.807) is 16.4 Å². The fraction of sp³-hybridized carbons (Fsp3) is 0.259. The Balaban J connectivity index is 1.67. The lowest BCUT2D eigenvalue weighted by atomic mass is 10.0. The lowest BCUT2D eigenvalue weighted by Gasteiger charge is -2.33. The van der Waals surface area contributed by atoms with Crippen molar-refractivity contribution in [2.75, 3.05) is 13.1 Å². The fourth-order valence-corrected chi connectivity index (χ4v) is 9.19. The first-order valence-electron chi connectivity index (χ1n) is 11.3. The molecule has 1 aliphatic heterocycles. The van der Waals surface area contributed by atoms with Gasteiger partial charge in [-0.15, -0.1) is 6.58 Å². The first-order chi connectivity index (χ1) is 15.8. The normalized spacial score (nSPS) is 19.5. The van der Waals surface area contributed by atoms with Crippen LogP contribution in [-0.2, 0) is 14.4 Å². The lowest BCUT2D eigenvalue weighted by molar-refractivity contribution is 0.170. The van der Waals surface area contributed by atoms with Crippen LogP contribution >= 0.6 is 0 Å². The molecule has 172 valence electrons. The van der Waals surface area contributed by atoms with Gasteiger partial charge in [0.15, 0.2) is 0 Å². The van der Waals surface area contributed by atoms with E-state index in [2.05, 4.69) is 37.4 Å². The molecule has 0 spiro atoms. The van der Waals surface area contributed by atoms with E-state index in [0.717, 1.165) is 5.56 Å². The highest BCUT2D eigenvalue weighted by molar-refractivity contribution is 7.89. The van der Waals surface area contributed by atoms with Crippen LogP contribution in [0.3, 0.4) is 0 Å². The predicted molar refractivity (Wildman–Crippen MR) is 137 cm³/mol. The Morgan fingerprint density at radius 2 is 1.48 bits per heavy atom. The summed E-state index contributed by atoms with van der Waals surface area (Å²) in [5.74, 6) is 0.0574. The molecule has 0 N–H and O–H groups in total. The minimum atomic E-state index is -3.59. The van der Waals surface area contributed by atoms with Gasteiger partial charge in [0.05, 0.1) is 11.0 Å². The molecule has 1 fully saturated rings. The number of nitrogens with zero attached hydrogens (tertiary/aromatic N) is 1. The van der Waals surface area contributed by atoms with Crippen LogP contribution in [0.15, 0.2) is 102 Å². The largest absolute Gasteiger partial charge is 0.404 e. The number of rotatable bonds is 8. The Kier molecular flexibility index (Phi) is 7.00. The number of hydrogen-bond donors (Lipinski definition) is 0. The predicted octanol–water partition coefficient (Wildman–Crippen LogP) is 3.97. The monoisotopic (exact) mass is 477 g/mol. The standard InChI is InChI=1S/C27H31NO3SSi/c1-4-11-23-20-28(32(29,30)24-18-16-22(2)17-19-24)21-27(23)31-33(3,25-12-7-5-8-13-25)26-14-9-6-10-15-26/h4-10,12-19,23,27H,1,11,20-21H2,2-3H3/t23-,27+/m1/s1. The molecule has 3 aromatic rings. The molecule has 0 amide bonds. The summed E-state index contributed by atoms with van der Waals surface area (Å²) in [6.45, 7) is 8.85. The Labute approximate surface area is 198 Å². The lowest BCUT2D eigenvalue weighted by Crippen LogP contribution is -2.60. The summed E-state index contributed by atoms with van der Waals surface area (Å²) in [6.07, 6.45) is 2.37. The number of hydrogen-bond acceptors (Lipinski definition) is 3. The van der Waals surface area contributed by atoms with Crippen molar-refractivity contribution < 1.29 is 12.8 Å². The molecule has 33 heavy (non-hydrogen) atoms. The molecule has 0 aromatic heterocycles. The van der Waals surface area contributed by atoms with Crippen LogP contribution < -0.4 is 10.4 Å². The van der Waals surface area contributed by atoms with E-state index in [1.165, 1.54) is 10.4 Å². The molecule has 0 saturated carbocycles. The molecular weight excluding hydrogens is 446 g/mol. The van der Waals surface area contributed by atoms with Crippen LogP contribution in [0.5, 0.6) is 0 Å². The molecule has 4 nitrogen and oxygen atoms in total. The minimum absolute atomic E-state index is 0.0574. The van der Waals surface area contributed by atoms with Gasteiger partial charge < -0.3 is 4.43 Å². The Hall–Kier alpha value is -2.51. The Bertz CT molecular complexity index is 1140. The van der Waals surface area contributed by atoms with Crippen molar-refractivity contribution >= 4 is 28.7 Å². The van der Waals surface area contributed by atoms with Gasteiger partial charge in [-0.25, -0.2) is 8.42 Å². The van der Waals surface area contributed by atoms with Crippen LogP contribution in [0.2, 0.25) is 6.55 Å². The number of allylic oxidation sites excluding steroid dienone is 1. The van der Waals surface area contributed by atoms with E-state index >= 15 is 0 Å². The highest BCUT2D eigenvalue weighted by Crippen LogP contribution is 2.30. The zero-order chi connectivity index (χ0) is 23.5. The van der Waals surface area contributed by atoms with Gasteiger partial charge in [0, 0.05) is 19.0 Å². The highest BCUT2D eigenvalue weighted by atomic mass is 32.2. The van der Waals surface area contributed by atoms with Gasteiger partial charge in [0.2, 0.25) is 10.0 Å². The molecule has 0 aliphatic carbocycles. The summed E-state index contributed by atoms with van der Waals surface area (Å²) in [7, 11) is -6.16. The molecule has 0 unspecified atom stereocenters. The van der Waals surface area contributed by atoms with Gasteiger partial charge in [-0.3, -0.25) is 0 Å². The Morgan fingerprint density at radius 1 is 0.939 bits per heavy atom. The van der Waals surface area contributed by atoms with Gasteiger partial charge in [0.1, 0.15) is 0 Å². The highest BCUT2D eigenvalue weighted by Gasteiger charge is 2.44. The van der Waals surface area contributed by atoms with Crippen molar-refractivity contribution in [3.05, 3.63) is 103 Å². The molecule has 1 saturated heterocycles. The topological polar surface area (TPSA) is 46.6 Å². The maximum Gasteiger partial charge on any atom is 0.253 e. The molecule has 3 aromatic carbocycles. The van der Waals surface area contributed by atoms with Crippen LogP contribution in [0.4, 0.5) is 0 Å². The van der Waals surface area contributed by atoms with Gasteiger partial charge in [0.25, 0.3) is 8.32 Å². The smallest absolute Gasteiger partial charge is 0.253 e. The maximum absolute atomic E-state index is 13.4. The van der Waals surface area contributed by atoms with Crippen molar-refractivity contribution in [3.8, 4) is 0 Å². The van der Waals surface area contributed by atoms with Crippen LogP contribution in [0.25, 0.3) is 0 Å². The second kappa shape index (κ2) is 9.77. The van der Waals surface area contributed by atoms with E-state index in [4.69, 9.17) is 4.43 Å². The minimum Gasteiger partial charge on any atom is -0.404 e. The van der Waals surface area contributed by atoms with Crippen molar-refractivity contribution in [2.45, 2.75) is 30.9 Å². The second-order valence-corrected chi connectivity index (χ2v) is 14.2. The van der Waals surface area contributed by atoms with Gasteiger partial charge in [-0.2, -0.15) is 4.31 Å². The van der Waals surface area contributed by atoms with E-state index in [-0.39, 0.29) is 12.0 Å². The summed E-state index contributed by atoms with van der Waals surface area (Å²) in [5.41, 5.74) is 1.04. The third-order valence-corrected chi connectivity index (χ3v) is 12.0. The van der Waals surface area contributed by atoms with Gasteiger partial charge in [-0.05, 0) is 42.4 Å². The van der Waals surface area contributed by atoms with E-state index in [0.29, 0.717) is 24.4 Å². The third-order valence-electron chi connectivity index (χ3n) is 6.51. The molecule has 6 heteroatoms. The van der Waals surface area contributed by atoms with Gasteiger partial charge in [-0.1, -0.05) is 84.4 Å². The van der Waals surface area contributed by atoms with Crippen molar-refractivity contribution in [1.29, 1.82) is 0 Å². The third kappa shape index (κ3) is 4.89. The number of benzene rings is 3. The van der Waals surface area contributed by atoms with E-state index in [1.807, 2.05) is 61.5 Å². The zero-order valence-corrected chi connectivity index (χ0v) is 21.0. The molecule has 0 bridgehead atoms. The van der Waals surface area contributed by atoms with Crippen LogP contribution in [0.1, 0.15) is 12.0 Å². The fourth-order valence-electron chi connectivity index (χ4n) is 4.55. The van der Waals surface area contributed by atoms with E-state index < -0.39 is 18.3 Å². The Morgan fingerprint density at radius 3 is 2.00 bits per heavy atom. The molecule has 1 heterocycles. The quantitative estimate of drug-likeness (QED) is 0.364. The summed E-state index contributed by atoms with van der Waals surface area (Å²) < 4.78 is 35.4. The zero-order valence-electron chi connectivity index (χ0n) is 19.2. The molecule has 1 aliphatic rings. The number of sulfonamides is 1. The van der Waals surface area contributed by atoms with Crippen LogP contribution in [0, 0.1) is 12.8 Å². The first-order valence-corrected chi connectivity index (χ1v) is 15.2. The van der Waals surface area contributed by atoms with Gasteiger partial charge >= 0.3 is 0 Å². The van der Waals surface area contributed by atoms with Crippen LogP contribution in [-0.4, -0.2) is 40.2 Å². The average molecular weight is 478 g/mol. The molecular formula is C27H31NO3SSi. The van der Waals surface area contributed by atoms with Crippen molar-refractivity contribution in [1.82, 2.24) is 4.31 Å². The van der Waals surface area contributed by atoms with Crippen molar-refractivity contribution in [2.24, 2.45) is 5.92 Å². The molecule has 2 atom stereocenters. The average Bonchev–Trinajstić information content (AvgIpc) is 3.23. The SMILES string of the molecule is C=CC[C@@H]1CN(S(=O)(=O)c2ccc(C)cc2)C[C@@H]1O[Si](C)(c1ccccc1)c1ccccc1. The molecule has 4 rings (SSSR count). The summed E-state index contributed by atoms with van der Waals surface area (Å²) in [4.78, 5) is 0.331. The first kappa shape index (κ1) is 23.6. The number of aryl methyl sites for hydroxylation is 1. The summed E-state index contributed by atoms with van der Waals surface area (Å²) in [6, 6.07) is 27.7. The molecule has 0 radical (unpaired) electrons. The van der Waals surface area contributed by atoms with Crippen molar-refractivity contribution in [3.63, 3.8) is 0 Å². The maximum atomic E-state index is 13.4. The van der Waals surface area contributed by atoms with E-state index in [9.17, 15) is 8.42 Å².